The number of alkyl halides is 3. The van der Waals surface area contributed by atoms with E-state index >= 15 is 0 Å². The number of aliphatic hydroxyl groups is 1. The van der Waals surface area contributed by atoms with Crippen LogP contribution in [0.5, 0.6) is 0 Å². The van der Waals surface area contributed by atoms with Crippen LogP contribution < -0.4 is 5.32 Å². The van der Waals surface area contributed by atoms with Gasteiger partial charge in [-0.1, -0.05) is 12.1 Å². The number of nitrogens with one attached hydrogen (secondary N) is 1. The minimum Gasteiger partial charge on any atom is -0.387 e. The van der Waals surface area contributed by atoms with Crippen molar-refractivity contribution in [1.82, 2.24) is 15.1 Å². The SMILES string of the molecule is C[C@@H](Cn1cccn1)NC[C@@H](O)c1ccc(C(F)(F)F)cc1. The molecule has 2 atom stereocenters. The zero-order valence-corrected chi connectivity index (χ0v) is 12.1. The molecule has 0 saturated heterocycles. The number of benzene rings is 1. The number of nitrogens with zero attached hydrogens (tertiary/aromatic N) is 2. The molecule has 0 fully saturated rings. The molecule has 0 aliphatic carbocycles. The third-order valence-electron chi connectivity index (χ3n) is 3.30. The first kappa shape index (κ1) is 16.5. The van der Waals surface area contributed by atoms with E-state index in [0.717, 1.165) is 12.1 Å². The molecule has 0 bridgehead atoms. The number of aromatic nitrogens is 2. The molecule has 7 heteroatoms. The summed E-state index contributed by atoms with van der Waals surface area (Å²) in [4.78, 5) is 0. The van der Waals surface area contributed by atoms with Gasteiger partial charge in [0.05, 0.1) is 18.2 Å². The van der Waals surface area contributed by atoms with Crippen LogP contribution in [0.2, 0.25) is 0 Å². The molecule has 0 radical (unpaired) electrons. The Labute approximate surface area is 126 Å². The van der Waals surface area contributed by atoms with E-state index < -0.39 is 17.8 Å². The Bertz CT molecular complexity index is 567. The van der Waals surface area contributed by atoms with E-state index in [1.807, 2.05) is 19.2 Å². The molecule has 0 spiro atoms. The topological polar surface area (TPSA) is 50.1 Å². The fourth-order valence-corrected chi connectivity index (χ4v) is 2.08. The Hall–Kier alpha value is -1.86. The number of hydrogen-bond donors (Lipinski definition) is 2. The standard InChI is InChI=1S/C15H18F3N3O/c1-11(10-21-8-2-7-20-21)19-9-14(22)12-3-5-13(6-4-12)15(16,17)18/h2-8,11,14,19,22H,9-10H2,1H3/t11-,14+/m0/s1. The summed E-state index contributed by atoms with van der Waals surface area (Å²) in [5.41, 5.74) is -0.268. The molecular weight excluding hydrogens is 295 g/mol. The highest BCUT2D eigenvalue weighted by molar-refractivity contribution is 5.26. The van der Waals surface area contributed by atoms with E-state index in [-0.39, 0.29) is 12.6 Å². The monoisotopic (exact) mass is 313 g/mol. The normalized spacial score (nSPS) is 14.8. The van der Waals surface area contributed by atoms with Crippen molar-refractivity contribution >= 4 is 0 Å². The summed E-state index contributed by atoms with van der Waals surface area (Å²) < 4.78 is 39.2. The van der Waals surface area contributed by atoms with Crippen LogP contribution in [0.4, 0.5) is 13.2 Å². The first-order valence-electron chi connectivity index (χ1n) is 6.92. The van der Waals surface area contributed by atoms with Gasteiger partial charge in [0.1, 0.15) is 0 Å². The van der Waals surface area contributed by atoms with E-state index in [2.05, 4.69) is 10.4 Å². The molecule has 120 valence electrons. The summed E-state index contributed by atoms with van der Waals surface area (Å²) in [6.45, 7) is 2.85. The van der Waals surface area contributed by atoms with Crippen LogP contribution in [-0.2, 0) is 12.7 Å². The first-order chi connectivity index (χ1) is 10.4. The second-order valence-electron chi connectivity index (χ2n) is 5.17. The lowest BCUT2D eigenvalue weighted by molar-refractivity contribution is -0.137. The van der Waals surface area contributed by atoms with Crippen molar-refractivity contribution in [2.75, 3.05) is 6.54 Å². The Morgan fingerprint density at radius 1 is 1.27 bits per heavy atom. The van der Waals surface area contributed by atoms with Crippen molar-refractivity contribution < 1.29 is 18.3 Å². The molecule has 22 heavy (non-hydrogen) atoms. The number of halogens is 3. The van der Waals surface area contributed by atoms with Crippen molar-refractivity contribution in [3.63, 3.8) is 0 Å². The lowest BCUT2D eigenvalue weighted by Crippen LogP contribution is -2.33. The van der Waals surface area contributed by atoms with Crippen LogP contribution in [0.15, 0.2) is 42.7 Å². The molecule has 2 N–H and O–H groups in total. The largest absolute Gasteiger partial charge is 0.416 e. The van der Waals surface area contributed by atoms with Gasteiger partial charge in [0, 0.05) is 25.0 Å². The van der Waals surface area contributed by atoms with Crippen molar-refractivity contribution in [2.24, 2.45) is 0 Å². The van der Waals surface area contributed by atoms with Gasteiger partial charge in [0.15, 0.2) is 0 Å². The fraction of sp³-hybridized carbons (Fsp3) is 0.400. The number of rotatable bonds is 6. The van der Waals surface area contributed by atoms with E-state index in [9.17, 15) is 18.3 Å². The molecule has 4 nitrogen and oxygen atoms in total. The van der Waals surface area contributed by atoms with Crippen LogP contribution in [0.1, 0.15) is 24.2 Å². The third kappa shape index (κ3) is 4.57. The predicted molar refractivity (Wildman–Crippen MR) is 76.1 cm³/mol. The lowest BCUT2D eigenvalue weighted by atomic mass is 10.1. The van der Waals surface area contributed by atoms with Gasteiger partial charge in [0.2, 0.25) is 0 Å². The number of aliphatic hydroxyl groups excluding tert-OH is 1. The summed E-state index contributed by atoms with van der Waals surface area (Å²) in [6.07, 6.45) is -1.70. The summed E-state index contributed by atoms with van der Waals surface area (Å²) in [5, 5.41) is 17.2. The van der Waals surface area contributed by atoms with Gasteiger partial charge in [-0.2, -0.15) is 18.3 Å². The smallest absolute Gasteiger partial charge is 0.387 e. The fourth-order valence-electron chi connectivity index (χ4n) is 2.08. The molecule has 0 saturated carbocycles. The second-order valence-corrected chi connectivity index (χ2v) is 5.17. The summed E-state index contributed by atoms with van der Waals surface area (Å²) in [7, 11) is 0. The molecular formula is C15H18F3N3O. The quantitative estimate of drug-likeness (QED) is 0.862. The zero-order chi connectivity index (χ0) is 16.2. The van der Waals surface area contributed by atoms with Gasteiger partial charge >= 0.3 is 6.18 Å². The Morgan fingerprint density at radius 2 is 1.95 bits per heavy atom. The Balaban J connectivity index is 1.85. The van der Waals surface area contributed by atoms with E-state index in [1.165, 1.54) is 12.1 Å². The van der Waals surface area contributed by atoms with Gasteiger partial charge in [-0.15, -0.1) is 0 Å². The molecule has 2 aromatic rings. The Kier molecular flexibility index (Phi) is 5.20. The lowest BCUT2D eigenvalue weighted by Gasteiger charge is -2.18. The maximum Gasteiger partial charge on any atom is 0.416 e. The van der Waals surface area contributed by atoms with Crippen LogP contribution >= 0.6 is 0 Å². The van der Waals surface area contributed by atoms with Crippen LogP contribution in [0.25, 0.3) is 0 Å². The highest BCUT2D eigenvalue weighted by Crippen LogP contribution is 2.29. The summed E-state index contributed by atoms with van der Waals surface area (Å²) in [5.74, 6) is 0. The van der Waals surface area contributed by atoms with Crippen LogP contribution in [0, 0.1) is 0 Å². The molecule has 1 heterocycles. The highest BCUT2D eigenvalue weighted by atomic mass is 19.4. The molecule has 0 aliphatic rings. The van der Waals surface area contributed by atoms with E-state index in [1.54, 1.807) is 10.9 Å². The van der Waals surface area contributed by atoms with Gasteiger partial charge in [-0.25, -0.2) is 0 Å². The number of hydrogen-bond acceptors (Lipinski definition) is 3. The van der Waals surface area contributed by atoms with Gasteiger partial charge in [-0.3, -0.25) is 4.68 Å². The van der Waals surface area contributed by atoms with Crippen LogP contribution in [0.3, 0.4) is 0 Å². The Morgan fingerprint density at radius 3 is 2.50 bits per heavy atom. The molecule has 2 rings (SSSR count). The molecule has 1 aromatic carbocycles. The minimum absolute atomic E-state index is 0.0731. The zero-order valence-electron chi connectivity index (χ0n) is 12.1. The summed E-state index contributed by atoms with van der Waals surface area (Å²) >= 11 is 0. The highest BCUT2D eigenvalue weighted by Gasteiger charge is 2.30. The molecule has 0 unspecified atom stereocenters. The van der Waals surface area contributed by atoms with Gasteiger partial charge in [0.25, 0.3) is 0 Å². The maximum atomic E-state index is 12.5. The van der Waals surface area contributed by atoms with E-state index in [0.29, 0.717) is 12.1 Å². The van der Waals surface area contributed by atoms with Crippen molar-refractivity contribution in [2.45, 2.75) is 31.8 Å². The minimum atomic E-state index is -4.36. The molecule has 0 amide bonds. The van der Waals surface area contributed by atoms with Crippen molar-refractivity contribution in [3.8, 4) is 0 Å². The van der Waals surface area contributed by atoms with Crippen molar-refractivity contribution in [1.29, 1.82) is 0 Å². The molecule has 1 aromatic heterocycles. The van der Waals surface area contributed by atoms with Crippen molar-refractivity contribution in [3.05, 3.63) is 53.9 Å². The van der Waals surface area contributed by atoms with Gasteiger partial charge in [-0.05, 0) is 30.7 Å². The van der Waals surface area contributed by atoms with Crippen LogP contribution in [-0.4, -0.2) is 27.5 Å². The first-order valence-corrected chi connectivity index (χ1v) is 6.92. The predicted octanol–water partition coefficient (Wildman–Crippen LogP) is 2.61. The third-order valence-corrected chi connectivity index (χ3v) is 3.30. The maximum absolute atomic E-state index is 12.5. The van der Waals surface area contributed by atoms with E-state index in [4.69, 9.17) is 0 Å². The molecule has 0 aliphatic heterocycles. The average Bonchev–Trinajstić information content (AvgIpc) is 2.97. The summed E-state index contributed by atoms with van der Waals surface area (Å²) in [6, 6.07) is 6.45. The average molecular weight is 313 g/mol. The second kappa shape index (κ2) is 6.93. The van der Waals surface area contributed by atoms with Gasteiger partial charge < -0.3 is 10.4 Å².